The van der Waals surface area contributed by atoms with Gasteiger partial charge in [0.15, 0.2) is 0 Å². The van der Waals surface area contributed by atoms with Gasteiger partial charge in [0.1, 0.15) is 5.82 Å². The fourth-order valence-electron chi connectivity index (χ4n) is 2.90. The Kier molecular flexibility index (Phi) is 4.31. The van der Waals surface area contributed by atoms with E-state index in [1.807, 2.05) is 4.90 Å². The van der Waals surface area contributed by atoms with Gasteiger partial charge in [0.25, 0.3) is 5.91 Å². The summed E-state index contributed by atoms with van der Waals surface area (Å²) in [5.74, 6) is 0.669. The fraction of sp³-hybridized carbons (Fsp3) is 0.600. The van der Waals surface area contributed by atoms with Gasteiger partial charge in [-0.15, -0.1) is 0 Å². The van der Waals surface area contributed by atoms with Crippen LogP contribution >= 0.6 is 11.6 Å². The highest BCUT2D eigenvalue weighted by molar-refractivity contribution is 6.33. The lowest BCUT2D eigenvalue weighted by Gasteiger charge is -2.32. The van der Waals surface area contributed by atoms with Gasteiger partial charge in [-0.05, 0) is 25.3 Å². The monoisotopic (exact) mass is 309 g/mol. The number of nitrogens with zero attached hydrogens (tertiary/aromatic N) is 2. The highest BCUT2D eigenvalue weighted by Crippen LogP contribution is 2.28. The minimum absolute atomic E-state index is 0.0258. The maximum atomic E-state index is 12.7. The molecular formula is C15H20ClN3O2. The van der Waals surface area contributed by atoms with Crippen molar-refractivity contribution in [1.82, 2.24) is 9.88 Å². The Morgan fingerprint density at radius 1 is 1.48 bits per heavy atom. The van der Waals surface area contributed by atoms with Crippen LogP contribution in [0.25, 0.3) is 0 Å². The van der Waals surface area contributed by atoms with Crippen molar-refractivity contribution in [3.63, 3.8) is 0 Å². The first-order valence-electron chi connectivity index (χ1n) is 7.51. The minimum Gasteiger partial charge on any atom is -0.371 e. The first-order chi connectivity index (χ1) is 10.2. The van der Waals surface area contributed by atoms with Gasteiger partial charge in [-0.3, -0.25) is 4.79 Å². The van der Waals surface area contributed by atoms with Crippen LogP contribution in [0.5, 0.6) is 0 Å². The van der Waals surface area contributed by atoms with Crippen LogP contribution in [-0.4, -0.2) is 47.6 Å². The molecule has 114 valence electrons. The Bertz CT molecular complexity index is 526. The van der Waals surface area contributed by atoms with E-state index >= 15 is 0 Å². The number of fused-ring (bicyclic) bond motifs is 2. The third-order valence-electron chi connectivity index (χ3n) is 3.97. The number of nitrogens with one attached hydrogen (secondary N) is 1. The quantitative estimate of drug-likeness (QED) is 0.928. The molecule has 3 rings (SSSR count). The molecule has 2 aliphatic rings. The largest absolute Gasteiger partial charge is 0.371 e. The maximum absolute atomic E-state index is 12.7. The number of carbonyl (C=O) groups excluding carboxylic acids is 1. The molecule has 1 aromatic heterocycles. The van der Waals surface area contributed by atoms with E-state index in [2.05, 4.69) is 17.2 Å². The highest BCUT2D eigenvalue weighted by atomic mass is 35.5. The van der Waals surface area contributed by atoms with Crippen molar-refractivity contribution in [2.24, 2.45) is 0 Å². The van der Waals surface area contributed by atoms with E-state index in [1.165, 1.54) is 0 Å². The van der Waals surface area contributed by atoms with Gasteiger partial charge in [-0.1, -0.05) is 18.5 Å². The van der Waals surface area contributed by atoms with Crippen LogP contribution in [0.4, 0.5) is 5.82 Å². The van der Waals surface area contributed by atoms with Gasteiger partial charge in [-0.2, -0.15) is 0 Å². The standard InChI is InChI=1S/C15H20ClN3O2/c1-2-5-17-14-6-12(13(16)7-18-14)15(20)19-8-10-3-4-11(9-19)21-10/h6-7,10-11H,2-5,8-9H2,1H3,(H,17,18). The van der Waals surface area contributed by atoms with Crippen molar-refractivity contribution < 1.29 is 9.53 Å². The smallest absolute Gasteiger partial charge is 0.255 e. The Hall–Kier alpha value is -1.33. The summed E-state index contributed by atoms with van der Waals surface area (Å²) in [6.07, 6.45) is 5.00. The molecule has 5 nitrogen and oxygen atoms in total. The van der Waals surface area contributed by atoms with E-state index in [9.17, 15) is 4.79 Å². The molecule has 2 fully saturated rings. The summed E-state index contributed by atoms with van der Waals surface area (Å²) in [5, 5.41) is 3.59. The molecule has 2 bridgehead atoms. The molecule has 2 saturated heterocycles. The lowest BCUT2D eigenvalue weighted by atomic mass is 10.2. The summed E-state index contributed by atoms with van der Waals surface area (Å²) >= 11 is 6.16. The molecule has 0 saturated carbocycles. The number of anilines is 1. The zero-order valence-electron chi connectivity index (χ0n) is 12.1. The topological polar surface area (TPSA) is 54.5 Å². The second-order valence-corrected chi connectivity index (χ2v) is 6.05. The molecule has 0 spiro atoms. The molecule has 2 atom stereocenters. The van der Waals surface area contributed by atoms with Gasteiger partial charge < -0.3 is 15.0 Å². The van der Waals surface area contributed by atoms with Crippen LogP contribution in [0.3, 0.4) is 0 Å². The van der Waals surface area contributed by atoms with Crippen LogP contribution in [-0.2, 0) is 4.74 Å². The summed E-state index contributed by atoms with van der Waals surface area (Å²) in [6, 6.07) is 1.75. The van der Waals surface area contributed by atoms with Gasteiger partial charge in [0, 0.05) is 25.8 Å². The Labute approximate surface area is 129 Å². The van der Waals surface area contributed by atoms with Crippen molar-refractivity contribution in [1.29, 1.82) is 0 Å². The number of ether oxygens (including phenoxy) is 1. The van der Waals surface area contributed by atoms with Gasteiger partial charge in [0.05, 0.1) is 22.8 Å². The van der Waals surface area contributed by atoms with E-state index in [4.69, 9.17) is 16.3 Å². The second-order valence-electron chi connectivity index (χ2n) is 5.64. The van der Waals surface area contributed by atoms with Gasteiger partial charge in [0.2, 0.25) is 0 Å². The van der Waals surface area contributed by atoms with Crippen LogP contribution in [0.15, 0.2) is 12.3 Å². The number of hydrogen-bond donors (Lipinski definition) is 1. The summed E-state index contributed by atoms with van der Waals surface area (Å²) in [7, 11) is 0. The van der Waals surface area contributed by atoms with E-state index < -0.39 is 0 Å². The first kappa shape index (κ1) is 14.6. The number of likely N-dealkylation sites (tertiary alicyclic amines) is 1. The van der Waals surface area contributed by atoms with Crippen LogP contribution in [0.1, 0.15) is 36.5 Å². The summed E-state index contributed by atoms with van der Waals surface area (Å²) in [5.41, 5.74) is 0.520. The van der Waals surface area contributed by atoms with E-state index in [0.717, 1.165) is 25.8 Å². The molecule has 0 aromatic carbocycles. The van der Waals surface area contributed by atoms with Crippen LogP contribution in [0, 0.1) is 0 Å². The molecule has 2 aliphatic heterocycles. The number of halogens is 1. The number of rotatable bonds is 4. The van der Waals surface area contributed by atoms with Crippen molar-refractivity contribution in [3.8, 4) is 0 Å². The zero-order chi connectivity index (χ0) is 14.8. The molecule has 2 unspecified atom stereocenters. The summed E-state index contributed by atoms with van der Waals surface area (Å²) in [6.45, 7) is 4.22. The van der Waals surface area contributed by atoms with E-state index in [1.54, 1.807) is 12.3 Å². The first-order valence-corrected chi connectivity index (χ1v) is 7.89. The Balaban J connectivity index is 1.77. The Morgan fingerprint density at radius 3 is 2.86 bits per heavy atom. The molecular weight excluding hydrogens is 290 g/mol. The lowest BCUT2D eigenvalue weighted by Crippen LogP contribution is -2.45. The minimum atomic E-state index is -0.0258. The zero-order valence-corrected chi connectivity index (χ0v) is 12.9. The third-order valence-corrected chi connectivity index (χ3v) is 4.27. The number of hydrogen-bond acceptors (Lipinski definition) is 4. The number of pyridine rings is 1. The fourth-order valence-corrected chi connectivity index (χ4v) is 3.09. The SMILES string of the molecule is CCCNc1cc(C(=O)N2CC3CCC(C2)O3)c(Cl)cn1. The highest BCUT2D eigenvalue weighted by Gasteiger charge is 2.36. The van der Waals surface area contributed by atoms with Crippen molar-refractivity contribution >= 4 is 23.3 Å². The van der Waals surface area contributed by atoms with Crippen molar-refractivity contribution in [3.05, 3.63) is 22.8 Å². The molecule has 1 amide bonds. The molecule has 1 N–H and O–H groups in total. The van der Waals surface area contributed by atoms with Crippen molar-refractivity contribution in [2.75, 3.05) is 25.0 Å². The average Bonchev–Trinajstić information content (AvgIpc) is 2.84. The molecule has 0 aliphatic carbocycles. The lowest BCUT2D eigenvalue weighted by molar-refractivity contribution is -0.0303. The predicted octanol–water partition coefficient (Wildman–Crippen LogP) is 2.56. The number of morpholine rings is 1. The summed E-state index contributed by atoms with van der Waals surface area (Å²) in [4.78, 5) is 18.8. The van der Waals surface area contributed by atoms with Crippen molar-refractivity contribution in [2.45, 2.75) is 38.4 Å². The average molecular weight is 310 g/mol. The van der Waals surface area contributed by atoms with Crippen LogP contribution in [0.2, 0.25) is 5.02 Å². The second kappa shape index (κ2) is 6.20. The van der Waals surface area contributed by atoms with E-state index in [-0.39, 0.29) is 18.1 Å². The molecule has 1 aromatic rings. The number of aromatic nitrogens is 1. The summed E-state index contributed by atoms with van der Waals surface area (Å²) < 4.78 is 5.77. The van der Waals surface area contributed by atoms with Crippen LogP contribution < -0.4 is 5.32 Å². The Morgan fingerprint density at radius 2 is 2.19 bits per heavy atom. The van der Waals surface area contributed by atoms with Gasteiger partial charge >= 0.3 is 0 Å². The molecule has 0 radical (unpaired) electrons. The van der Waals surface area contributed by atoms with Gasteiger partial charge in [-0.25, -0.2) is 4.98 Å². The molecule has 3 heterocycles. The normalized spacial score (nSPS) is 24.2. The molecule has 6 heteroatoms. The maximum Gasteiger partial charge on any atom is 0.255 e. The number of carbonyl (C=O) groups is 1. The number of amides is 1. The molecule has 21 heavy (non-hydrogen) atoms. The third kappa shape index (κ3) is 3.14. The van der Waals surface area contributed by atoms with E-state index in [0.29, 0.717) is 29.5 Å². The predicted molar refractivity (Wildman–Crippen MR) is 81.8 cm³/mol.